The van der Waals surface area contributed by atoms with Crippen molar-refractivity contribution < 1.29 is 14.3 Å². The molecule has 0 saturated heterocycles. The molecule has 2 aromatic heterocycles. The molecular formula is C17H14N2O3. The highest BCUT2D eigenvalue weighted by Gasteiger charge is 2.14. The molecule has 0 amide bonds. The van der Waals surface area contributed by atoms with Crippen molar-refractivity contribution in [3.63, 3.8) is 0 Å². The largest absolute Gasteiger partial charge is 0.497 e. The summed E-state index contributed by atoms with van der Waals surface area (Å²) in [5.41, 5.74) is 2.50. The van der Waals surface area contributed by atoms with E-state index in [0.717, 1.165) is 22.4 Å². The molecule has 0 aliphatic carbocycles. The van der Waals surface area contributed by atoms with Gasteiger partial charge in [0, 0.05) is 17.1 Å². The van der Waals surface area contributed by atoms with E-state index in [-0.39, 0.29) is 5.69 Å². The number of esters is 1. The molecule has 2 heterocycles. The minimum absolute atomic E-state index is 0.251. The molecule has 0 radical (unpaired) electrons. The summed E-state index contributed by atoms with van der Waals surface area (Å²) in [6.07, 6.45) is 1.71. The lowest BCUT2D eigenvalue weighted by Gasteiger charge is -2.10. The van der Waals surface area contributed by atoms with Gasteiger partial charge in [-0.05, 0) is 36.4 Å². The average molecular weight is 294 g/mol. The number of carbonyl (C=O) groups excluding carboxylic acids is 1. The van der Waals surface area contributed by atoms with Gasteiger partial charge in [-0.2, -0.15) is 0 Å². The van der Waals surface area contributed by atoms with Gasteiger partial charge in [-0.1, -0.05) is 6.07 Å². The Balaban J connectivity index is 2.32. The molecule has 0 fully saturated rings. The second-order valence-electron chi connectivity index (χ2n) is 4.64. The number of rotatable bonds is 3. The van der Waals surface area contributed by atoms with E-state index in [2.05, 4.69) is 9.97 Å². The number of fused-ring (bicyclic) bond motifs is 1. The predicted octanol–water partition coefficient (Wildman–Crippen LogP) is 3.09. The zero-order valence-corrected chi connectivity index (χ0v) is 12.2. The van der Waals surface area contributed by atoms with Crippen molar-refractivity contribution in [2.45, 2.75) is 0 Å². The summed E-state index contributed by atoms with van der Waals surface area (Å²) in [7, 11) is 2.94. The Labute approximate surface area is 127 Å². The third-order valence-corrected chi connectivity index (χ3v) is 3.35. The molecule has 110 valence electrons. The van der Waals surface area contributed by atoms with E-state index in [1.165, 1.54) is 7.11 Å². The summed E-state index contributed by atoms with van der Waals surface area (Å²) in [6, 6.07) is 12.8. The minimum Gasteiger partial charge on any atom is -0.497 e. The molecule has 0 unspecified atom stereocenters. The quantitative estimate of drug-likeness (QED) is 0.695. The minimum atomic E-state index is -0.477. The maximum Gasteiger partial charge on any atom is 0.356 e. The van der Waals surface area contributed by atoms with Crippen molar-refractivity contribution >= 4 is 16.9 Å². The highest BCUT2D eigenvalue weighted by Crippen LogP contribution is 2.30. The SMILES string of the molecule is COC(=O)c1cc(-c2ccccn2)c2cc(OC)ccc2n1. The summed E-state index contributed by atoms with van der Waals surface area (Å²) in [5, 5.41) is 0.866. The number of carbonyl (C=O) groups is 1. The molecule has 0 N–H and O–H groups in total. The first kappa shape index (κ1) is 14.0. The molecule has 0 aliphatic heterocycles. The van der Waals surface area contributed by atoms with Gasteiger partial charge in [0.25, 0.3) is 0 Å². The van der Waals surface area contributed by atoms with Gasteiger partial charge in [0.05, 0.1) is 25.4 Å². The van der Waals surface area contributed by atoms with Gasteiger partial charge >= 0.3 is 5.97 Å². The average Bonchev–Trinajstić information content (AvgIpc) is 2.60. The highest BCUT2D eigenvalue weighted by molar-refractivity contribution is 5.99. The normalized spacial score (nSPS) is 10.5. The topological polar surface area (TPSA) is 61.3 Å². The van der Waals surface area contributed by atoms with Gasteiger partial charge in [-0.25, -0.2) is 9.78 Å². The lowest BCUT2D eigenvalue weighted by atomic mass is 10.0. The number of pyridine rings is 2. The monoisotopic (exact) mass is 294 g/mol. The van der Waals surface area contributed by atoms with Crippen molar-refractivity contribution in [2.75, 3.05) is 14.2 Å². The van der Waals surface area contributed by atoms with E-state index >= 15 is 0 Å². The van der Waals surface area contributed by atoms with Gasteiger partial charge in [-0.15, -0.1) is 0 Å². The Morgan fingerprint density at radius 2 is 1.95 bits per heavy atom. The molecule has 22 heavy (non-hydrogen) atoms. The van der Waals surface area contributed by atoms with Crippen LogP contribution in [-0.2, 0) is 4.74 Å². The molecule has 0 atom stereocenters. The van der Waals surface area contributed by atoms with Crippen molar-refractivity contribution in [1.29, 1.82) is 0 Å². The van der Waals surface area contributed by atoms with E-state index < -0.39 is 5.97 Å². The van der Waals surface area contributed by atoms with Crippen LogP contribution in [0, 0.1) is 0 Å². The Kier molecular flexibility index (Phi) is 3.70. The molecule has 1 aromatic carbocycles. The molecule has 3 aromatic rings. The van der Waals surface area contributed by atoms with Gasteiger partial charge in [0.15, 0.2) is 0 Å². The molecule has 0 bridgehead atoms. The van der Waals surface area contributed by atoms with Crippen LogP contribution in [0.2, 0.25) is 0 Å². The smallest absolute Gasteiger partial charge is 0.356 e. The Hall–Kier alpha value is -2.95. The summed E-state index contributed by atoms with van der Waals surface area (Å²) >= 11 is 0. The third kappa shape index (κ3) is 2.48. The molecule has 5 heteroatoms. The fourth-order valence-corrected chi connectivity index (χ4v) is 2.27. The van der Waals surface area contributed by atoms with Crippen LogP contribution >= 0.6 is 0 Å². The van der Waals surface area contributed by atoms with Crippen LogP contribution < -0.4 is 4.74 Å². The zero-order valence-electron chi connectivity index (χ0n) is 12.2. The second-order valence-corrected chi connectivity index (χ2v) is 4.64. The number of aromatic nitrogens is 2. The number of nitrogens with zero attached hydrogens (tertiary/aromatic N) is 2. The van der Waals surface area contributed by atoms with Gasteiger partial charge < -0.3 is 9.47 Å². The summed E-state index contributed by atoms with van der Waals surface area (Å²) < 4.78 is 10.0. The molecule has 3 rings (SSSR count). The van der Waals surface area contributed by atoms with Crippen molar-refractivity contribution in [2.24, 2.45) is 0 Å². The number of hydrogen-bond donors (Lipinski definition) is 0. The molecular weight excluding hydrogens is 280 g/mol. The molecule has 5 nitrogen and oxygen atoms in total. The van der Waals surface area contributed by atoms with Crippen LogP contribution in [0.1, 0.15) is 10.5 Å². The summed E-state index contributed by atoms with van der Waals surface area (Å²) in [5.74, 6) is 0.243. The summed E-state index contributed by atoms with van der Waals surface area (Å²) in [6.45, 7) is 0. The van der Waals surface area contributed by atoms with Gasteiger partial charge in [0.1, 0.15) is 11.4 Å². The van der Waals surface area contributed by atoms with Crippen LogP contribution in [0.15, 0.2) is 48.7 Å². The van der Waals surface area contributed by atoms with E-state index in [1.807, 2.05) is 30.3 Å². The maximum absolute atomic E-state index is 11.8. The fourth-order valence-electron chi connectivity index (χ4n) is 2.27. The first-order valence-corrected chi connectivity index (χ1v) is 6.71. The summed E-state index contributed by atoms with van der Waals surface area (Å²) in [4.78, 5) is 20.5. The van der Waals surface area contributed by atoms with E-state index in [4.69, 9.17) is 9.47 Å². The second kappa shape index (κ2) is 5.81. The third-order valence-electron chi connectivity index (χ3n) is 3.35. The Morgan fingerprint density at radius 3 is 2.64 bits per heavy atom. The van der Waals surface area contributed by atoms with Crippen LogP contribution in [0.4, 0.5) is 0 Å². The first-order chi connectivity index (χ1) is 10.7. The number of benzene rings is 1. The lowest BCUT2D eigenvalue weighted by molar-refractivity contribution is 0.0594. The van der Waals surface area contributed by atoms with Crippen LogP contribution in [0.25, 0.3) is 22.2 Å². The maximum atomic E-state index is 11.8. The molecule has 0 aliphatic rings. The van der Waals surface area contributed by atoms with Crippen molar-refractivity contribution in [1.82, 2.24) is 9.97 Å². The highest BCUT2D eigenvalue weighted by atomic mass is 16.5. The van der Waals surface area contributed by atoms with E-state index in [9.17, 15) is 4.79 Å². The number of methoxy groups -OCH3 is 2. The Bertz CT molecular complexity index is 832. The van der Waals surface area contributed by atoms with Gasteiger partial charge in [-0.3, -0.25) is 4.98 Å². The Morgan fingerprint density at radius 1 is 1.09 bits per heavy atom. The van der Waals surface area contributed by atoms with Crippen LogP contribution in [0.5, 0.6) is 5.75 Å². The first-order valence-electron chi connectivity index (χ1n) is 6.71. The molecule has 0 spiro atoms. The van der Waals surface area contributed by atoms with Crippen molar-refractivity contribution in [3.05, 3.63) is 54.4 Å². The zero-order chi connectivity index (χ0) is 15.5. The number of ether oxygens (including phenoxy) is 2. The van der Waals surface area contributed by atoms with E-state index in [1.54, 1.807) is 25.4 Å². The standard InChI is InChI=1S/C17H14N2O3/c1-21-11-6-7-15-12(9-11)13(14-5-3-4-8-18-14)10-16(19-15)17(20)22-2/h3-10H,1-2H3. The predicted molar refractivity (Wildman–Crippen MR) is 82.9 cm³/mol. The van der Waals surface area contributed by atoms with E-state index in [0.29, 0.717) is 5.52 Å². The number of hydrogen-bond acceptors (Lipinski definition) is 5. The molecule has 0 saturated carbocycles. The van der Waals surface area contributed by atoms with Crippen LogP contribution in [0.3, 0.4) is 0 Å². The van der Waals surface area contributed by atoms with Crippen LogP contribution in [-0.4, -0.2) is 30.2 Å². The fraction of sp³-hybridized carbons (Fsp3) is 0.118. The van der Waals surface area contributed by atoms with Crippen molar-refractivity contribution in [3.8, 4) is 17.0 Å². The lowest BCUT2D eigenvalue weighted by Crippen LogP contribution is -2.05. The van der Waals surface area contributed by atoms with Gasteiger partial charge in [0.2, 0.25) is 0 Å².